The van der Waals surface area contributed by atoms with Crippen molar-refractivity contribution in [2.45, 2.75) is 31.5 Å². The van der Waals surface area contributed by atoms with Crippen molar-refractivity contribution in [3.8, 4) is 0 Å². The highest BCUT2D eigenvalue weighted by Gasteiger charge is 2.40. The van der Waals surface area contributed by atoms with Gasteiger partial charge in [-0.2, -0.15) is 0 Å². The highest BCUT2D eigenvalue weighted by Crippen LogP contribution is 2.32. The summed E-state index contributed by atoms with van der Waals surface area (Å²) in [5.41, 5.74) is 1.95. The van der Waals surface area contributed by atoms with E-state index in [-0.39, 0.29) is 23.8 Å². The van der Waals surface area contributed by atoms with Crippen molar-refractivity contribution in [2.24, 2.45) is 0 Å². The molecule has 2 saturated heterocycles. The van der Waals surface area contributed by atoms with Crippen LogP contribution in [0.5, 0.6) is 0 Å². The van der Waals surface area contributed by atoms with Crippen molar-refractivity contribution in [3.63, 3.8) is 0 Å². The Morgan fingerprint density at radius 2 is 1.81 bits per heavy atom. The quantitative estimate of drug-likeness (QED) is 0.643. The van der Waals surface area contributed by atoms with Gasteiger partial charge in [0.05, 0.1) is 11.9 Å². The van der Waals surface area contributed by atoms with Crippen molar-refractivity contribution in [3.05, 3.63) is 70.5 Å². The number of carbonyl (C=O) groups is 1. The standard InChI is InChI=1S/C23H25ClFN3O3S/c1-32(30,31)26-22-12-18(24)6-4-17(22)5-11-23(29)27-14-20-9-10-21(15-27)28(20)13-16-2-7-19(25)8-3-16/h2-8,11-12,20-21,26H,9-10,13-15H2,1H3/b11-5+. The molecule has 2 aliphatic rings. The lowest BCUT2D eigenvalue weighted by atomic mass is 10.1. The molecule has 1 N–H and O–H groups in total. The van der Waals surface area contributed by atoms with E-state index in [9.17, 15) is 17.6 Å². The molecule has 9 heteroatoms. The van der Waals surface area contributed by atoms with Crippen LogP contribution in [0.2, 0.25) is 5.02 Å². The summed E-state index contributed by atoms with van der Waals surface area (Å²) >= 11 is 5.99. The Hall–Kier alpha value is -2.42. The van der Waals surface area contributed by atoms with Crippen LogP contribution in [-0.4, -0.2) is 55.6 Å². The molecule has 2 aliphatic heterocycles. The van der Waals surface area contributed by atoms with Gasteiger partial charge in [-0.05, 0) is 54.3 Å². The van der Waals surface area contributed by atoms with E-state index in [1.807, 2.05) is 17.0 Å². The van der Waals surface area contributed by atoms with Gasteiger partial charge in [0.15, 0.2) is 0 Å². The fraction of sp³-hybridized carbons (Fsp3) is 0.348. The summed E-state index contributed by atoms with van der Waals surface area (Å²) in [5.74, 6) is -0.349. The van der Waals surface area contributed by atoms with E-state index in [2.05, 4.69) is 9.62 Å². The van der Waals surface area contributed by atoms with E-state index in [1.165, 1.54) is 24.3 Å². The molecule has 0 radical (unpaired) electrons. The van der Waals surface area contributed by atoms with Crippen molar-refractivity contribution in [1.82, 2.24) is 9.80 Å². The Kier molecular flexibility index (Phi) is 6.55. The van der Waals surface area contributed by atoms with E-state index in [4.69, 9.17) is 11.6 Å². The summed E-state index contributed by atoms with van der Waals surface area (Å²) in [6, 6.07) is 11.9. The van der Waals surface area contributed by atoms with E-state index in [0.717, 1.165) is 31.2 Å². The summed E-state index contributed by atoms with van der Waals surface area (Å²) in [4.78, 5) is 17.1. The number of amides is 1. The molecule has 2 fully saturated rings. The first-order valence-electron chi connectivity index (χ1n) is 10.4. The van der Waals surface area contributed by atoms with Gasteiger partial charge in [0.1, 0.15) is 5.82 Å². The van der Waals surface area contributed by atoms with Crippen LogP contribution in [0, 0.1) is 5.82 Å². The molecule has 2 atom stereocenters. The van der Waals surface area contributed by atoms with E-state index in [0.29, 0.717) is 29.4 Å². The van der Waals surface area contributed by atoms with Gasteiger partial charge in [0, 0.05) is 42.8 Å². The Morgan fingerprint density at radius 1 is 1.16 bits per heavy atom. The minimum atomic E-state index is -3.48. The SMILES string of the molecule is CS(=O)(=O)Nc1cc(Cl)ccc1/C=C/C(=O)N1CC2CCC(C1)N2Cc1ccc(F)cc1. The Morgan fingerprint density at radius 3 is 2.44 bits per heavy atom. The molecule has 0 aliphatic carbocycles. The van der Waals surface area contributed by atoms with E-state index in [1.54, 1.807) is 18.2 Å². The molecular formula is C23H25ClFN3O3S. The van der Waals surface area contributed by atoms with Crippen molar-refractivity contribution >= 4 is 39.3 Å². The minimum Gasteiger partial charge on any atom is -0.336 e. The number of hydrogen-bond donors (Lipinski definition) is 1. The number of fused-ring (bicyclic) bond motifs is 2. The summed E-state index contributed by atoms with van der Waals surface area (Å²) in [7, 11) is -3.48. The van der Waals surface area contributed by atoms with Crippen LogP contribution in [-0.2, 0) is 21.4 Å². The predicted molar refractivity (Wildman–Crippen MR) is 124 cm³/mol. The molecule has 4 rings (SSSR count). The highest BCUT2D eigenvalue weighted by atomic mass is 35.5. The van der Waals surface area contributed by atoms with Crippen LogP contribution in [0.15, 0.2) is 48.5 Å². The smallest absolute Gasteiger partial charge is 0.246 e. The number of likely N-dealkylation sites (tertiary alicyclic amines) is 1. The zero-order valence-corrected chi connectivity index (χ0v) is 19.2. The highest BCUT2D eigenvalue weighted by molar-refractivity contribution is 7.92. The fourth-order valence-corrected chi connectivity index (χ4v) is 5.21. The van der Waals surface area contributed by atoms with Crippen LogP contribution in [0.3, 0.4) is 0 Å². The zero-order chi connectivity index (χ0) is 22.9. The summed E-state index contributed by atoms with van der Waals surface area (Å²) in [6.45, 7) is 2.02. The summed E-state index contributed by atoms with van der Waals surface area (Å²) in [6.07, 6.45) is 6.20. The molecule has 0 spiro atoms. The average Bonchev–Trinajstić information content (AvgIpc) is 2.94. The van der Waals surface area contributed by atoms with Gasteiger partial charge in [-0.3, -0.25) is 14.4 Å². The Bertz CT molecular complexity index is 1120. The van der Waals surface area contributed by atoms with Crippen LogP contribution in [0.25, 0.3) is 6.08 Å². The van der Waals surface area contributed by atoms with Gasteiger partial charge in [-0.25, -0.2) is 12.8 Å². The van der Waals surface area contributed by atoms with Crippen molar-refractivity contribution in [2.75, 3.05) is 24.1 Å². The lowest BCUT2D eigenvalue weighted by Crippen LogP contribution is -2.54. The number of carbonyl (C=O) groups excluding carboxylic acids is 1. The van der Waals surface area contributed by atoms with Crippen LogP contribution in [0.1, 0.15) is 24.0 Å². The van der Waals surface area contributed by atoms with Crippen molar-refractivity contribution < 1.29 is 17.6 Å². The summed E-state index contributed by atoms with van der Waals surface area (Å²) < 4.78 is 38.9. The molecule has 0 aromatic heterocycles. The fourth-order valence-electron chi connectivity index (χ4n) is 4.46. The number of benzene rings is 2. The third-order valence-corrected chi connectivity index (χ3v) is 6.77. The molecule has 2 unspecified atom stereocenters. The van der Waals surface area contributed by atoms with Crippen LogP contribution < -0.4 is 4.72 Å². The molecule has 1 amide bonds. The third-order valence-electron chi connectivity index (χ3n) is 5.94. The Balaban J connectivity index is 1.43. The van der Waals surface area contributed by atoms with E-state index < -0.39 is 10.0 Å². The van der Waals surface area contributed by atoms with Crippen LogP contribution >= 0.6 is 11.6 Å². The van der Waals surface area contributed by atoms with Gasteiger partial charge in [-0.15, -0.1) is 0 Å². The van der Waals surface area contributed by atoms with Crippen molar-refractivity contribution in [1.29, 1.82) is 0 Å². The maximum Gasteiger partial charge on any atom is 0.246 e. The topological polar surface area (TPSA) is 69.7 Å². The summed E-state index contributed by atoms with van der Waals surface area (Å²) in [5, 5.41) is 0.397. The minimum absolute atomic E-state index is 0.108. The molecule has 0 saturated carbocycles. The number of nitrogens with zero attached hydrogens (tertiary/aromatic N) is 2. The lowest BCUT2D eigenvalue weighted by molar-refractivity contribution is -0.129. The zero-order valence-electron chi connectivity index (χ0n) is 17.7. The van der Waals surface area contributed by atoms with Gasteiger partial charge < -0.3 is 4.90 Å². The maximum absolute atomic E-state index is 13.2. The lowest BCUT2D eigenvalue weighted by Gasteiger charge is -2.40. The molecule has 170 valence electrons. The number of nitrogens with one attached hydrogen (secondary N) is 1. The number of piperazine rings is 1. The number of anilines is 1. The maximum atomic E-state index is 13.2. The molecule has 2 aromatic carbocycles. The van der Waals surface area contributed by atoms with Gasteiger partial charge in [0.2, 0.25) is 15.9 Å². The number of sulfonamides is 1. The average molecular weight is 478 g/mol. The molecule has 2 heterocycles. The first-order chi connectivity index (χ1) is 15.2. The second-order valence-corrected chi connectivity index (χ2v) is 10.6. The van der Waals surface area contributed by atoms with Gasteiger partial charge in [-0.1, -0.05) is 29.8 Å². The number of rotatable bonds is 6. The third kappa shape index (κ3) is 5.49. The predicted octanol–water partition coefficient (Wildman–Crippen LogP) is 3.74. The molecule has 2 bridgehead atoms. The molecular weight excluding hydrogens is 453 g/mol. The first kappa shape index (κ1) is 22.8. The van der Waals surface area contributed by atoms with Gasteiger partial charge >= 0.3 is 0 Å². The second-order valence-electron chi connectivity index (χ2n) is 8.37. The first-order valence-corrected chi connectivity index (χ1v) is 12.7. The Labute approximate surface area is 192 Å². The number of hydrogen-bond acceptors (Lipinski definition) is 4. The van der Waals surface area contributed by atoms with E-state index >= 15 is 0 Å². The van der Waals surface area contributed by atoms with Gasteiger partial charge in [0.25, 0.3) is 0 Å². The number of halogens is 2. The monoisotopic (exact) mass is 477 g/mol. The molecule has 6 nitrogen and oxygen atoms in total. The normalized spacial score (nSPS) is 21.3. The van der Waals surface area contributed by atoms with Crippen LogP contribution in [0.4, 0.5) is 10.1 Å². The largest absolute Gasteiger partial charge is 0.336 e. The molecule has 2 aromatic rings. The second kappa shape index (κ2) is 9.21. The molecule has 32 heavy (non-hydrogen) atoms.